The van der Waals surface area contributed by atoms with Gasteiger partial charge in [-0.1, -0.05) is 30.3 Å². The number of fused-ring (bicyclic) bond motifs is 2. The number of methoxy groups -OCH3 is 1. The maximum atomic E-state index is 13.0. The molecule has 0 spiro atoms. The van der Waals surface area contributed by atoms with Gasteiger partial charge in [0.15, 0.2) is 11.5 Å². The van der Waals surface area contributed by atoms with Gasteiger partial charge in [0.1, 0.15) is 6.61 Å². The summed E-state index contributed by atoms with van der Waals surface area (Å²) in [5.41, 5.74) is 3.05. The number of hydrogen-bond donors (Lipinski definition) is 0. The predicted molar refractivity (Wildman–Crippen MR) is 104 cm³/mol. The van der Waals surface area contributed by atoms with Crippen LogP contribution in [0, 0.1) is 5.92 Å². The standard InChI is InChI=1S/C22H22N2O3/c1-24(13-16-7-3-9-19-18(16)8-5-11-23-19)22(25)17-12-15-6-4-10-20(26-2)21(15)27-14-17/h3-11,17H,12-14H2,1-2H3/t17-/m1/s1. The first kappa shape index (κ1) is 17.3. The van der Waals surface area contributed by atoms with E-state index in [0.29, 0.717) is 19.6 Å². The lowest BCUT2D eigenvalue weighted by Gasteiger charge is -2.29. The molecule has 1 atom stereocenters. The molecule has 1 aliphatic heterocycles. The normalized spacial score (nSPS) is 15.7. The van der Waals surface area contributed by atoms with Crippen LogP contribution in [0.4, 0.5) is 0 Å². The van der Waals surface area contributed by atoms with Gasteiger partial charge in [0, 0.05) is 25.2 Å². The minimum absolute atomic E-state index is 0.0874. The number of carbonyl (C=O) groups is 1. The fraction of sp³-hybridized carbons (Fsp3) is 0.273. The predicted octanol–water partition coefficient (Wildman–Crippen LogP) is 3.45. The Morgan fingerprint density at radius 1 is 1.22 bits per heavy atom. The minimum Gasteiger partial charge on any atom is -0.493 e. The van der Waals surface area contributed by atoms with Crippen LogP contribution in [0.5, 0.6) is 11.5 Å². The van der Waals surface area contributed by atoms with Gasteiger partial charge in [0.2, 0.25) is 5.91 Å². The number of nitrogens with zero attached hydrogens (tertiary/aromatic N) is 2. The molecular weight excluding hydrogens is 340 g/mol. The molecule has 5 nitrogen and oxygen atoms in total. The second-order valence-corrected chi connectivity index (χ2v) is 6.84. The van der Waals surface area contributed by atoms with E-state index >= 15 is 0 Å². The highest BCUT2D eigenvalue weighted by Gasteiger charge is 2.29. The zero-order valence-electron chi connectivity index (χ0n) is 15.5. The van der Waals surface area contributed by atoms with Crippen LogP contribution in [0.25, 0.3) is 10.9 Å². The van der Waals surface area contributed by atoms with E-state index in [-0.39, 0.29) is 11.8 Å². The van der Waals surface area contributed by atoms with E-state index in [4.69, 9.17) is 9.47 Å². The fourth-order valence-corrected chi connectivity index (χ4v) is 3.66. The Kier molecular flexibility index (Phi) is 4.67. The molecule has 0 unspecified atom stereocenters. The van der Waals surface area contributed by atoms with Crippen LogP contribution in [0.3, 0.4) is 0 Å². The highest BCUT2D eigenvalue weighted by molar-refractivity contribution is 5.83. The molecule has 2 aromatic carbocycles. The fourth-order valence-electron chi connectivity index (χ4n) is 3.66. The van der Waals surface area contributed by atoms with E-state index in [1.807, 2.05) is 55.6 Å². The summed E-state index contributed by atoms with van der Waals surface area (Å²) in [5.74, 6) is 1.37. The molecule has 0 bridgehead atoms. The van der Waals surface area contributed by atoms with Gasteiger partial charge >= 0.3 is 0 Å². The lowest BCUT2D eigenvalue weighted by Crippen LogP contribution is -2.38. The summed E-state index contributed by atoms with van der Waals surface area (Å²) in [6.45, 7) is 0.914. The van der Waals surface area contributed by atoms with Crippen molar-refractivity contribution >= 4 is 16.8 Å². The van der Waals surface area contributed by atoms with E-state index in [9.17, 15) is 4.79 Å². The summed E-state index contributed by atoms with van der Waals surface area (Å²) in [4.78, 5) is 19.2. The second kappa shape index (κ2) is 7.27. The summed E-state index contributed by atoms with van der Waals surface area (Å²) in [6.07, 6.45) is 2.44. The molecule has 0 saturated heterocycles. The lowest BCUT2D eigenvalue weighted by atomic mass is 9.95. The van der Waals surface area contributed by atoms with Crippen LogP contribution in [-0.4, -0.2) is 36.6 Å². The molecule has 4 rings (SSSR count). The number of ether oxygens (including phenoxy) is 2. The topological polar surface area (TPSA) is 51.7 Å². The molecule has 27 heavy (non-hydrogen) atoms. The van der Waals surface area contributed by atoms with Gasteiger partial charge < -0.3 is 14.4 Å². The van der Waals surface area contributed by atoms with Gasteiger partial charge in [-0.3, -0.25) is 9.78 Å². The maximum absolute atomic E-state index is 13.0. The Morgan fingerprint density at radius 2 is 2.07 bits per heavy atom. The zero-order valence-corrected chi connectivity index (χ0v) is 15.5. The molecule has 1 aliphatic rings. The zero-order chi connectivity index (χ0) is 18.8. The van der Waals surface area contributed by atoms with Gasteiger partial charge in [-0.2, -0.15) is 0 Å². The Morgan fingerprint density at radius 3 is 2.93 bits per heavy atom. The van der Waals surface area contributed by atoms with Gasteiger partial charge in [-0.15, -0.1) is 0 Å². The van der Waals surface area contributed by atoms with Crippen LogP contribution in [0.2, 0.25) is 0 Å². The molecule has 0 radical (unpaired) electrons. The van der Waals surface area contributed by atoms with Gasteiger partial charge in [-0.25, -0.2) is 0 Å². The number of carbonyl (C=O) groups excluding carboxylic acids is 1. The smallest absolute Gasteiger partial charge is 0.229 e. The first-order valence-electron chi connectivity index (χ1n) is 9.03. The summed E-state index contributed by atoms with van der Waals surface area (Å²) >= 11 is 0. The van der Waals surface area contributed by atoms with Crippen LogP contribution in [0.15, 0.2) is 54.7 Å². The summed E-state index contributed by atoms with van der Waals surface area (Å²) in [5, 5.41) is 1.08. The number of pyridine rings is 1. The van der Waals surface area contributed by atoms with Crippen molar-refractivity contribution in [3.8, 4) is 11.5 Å². The van der Waals surface area contributed by atoms with Gasteiger partial charge in [0.25, 0.3) is 0 Å². The molecule has 138 valence electrons. The van der Waals surface area contributed by atoms with E-state index in [1.165, 1.54) is 0 Å². The molecule has 0 saturated carbocycles. The summed E-state index contributed by atoms with van der Waals surface area (Å²) in [7, 11) is 3.47. The number of rotatable bonds is 4. The summed E-state index contributed by atoms with van der Waals surface area (Å²) < 4.78 is 11.2. The van der Waals surface area contributed by atoms with E-state index in [1.54, 1.807) is 18.2 Å². The van der Waals surface area contributed by atoms with Gasteiger partial charge in [0.05, 0.1) is 18.5 Å². The second-order valence-electron chi connectivity index (χ2n) is 6.84. The highest BCUT2D eigenvalue weighted by Crippen LogP contribution is 2.36. The molecule has 1 aromatic heterocycles. The number of hydrogen-bond acceptors (Lipinski definition) is 4. The third-order valence-electron chi connectivity index (χ3n) is 5.04. The Bertz CT molecular complexity index is 981. The number of amides is 1. The maximum Gasteiger partial charge on any atom is 0.229 e. The Labute approximate surface area is 158 Å². The molecule has 0 fully saturated rings. The Hall–Kier alpha value is -3.08. The van der Waals surface area contributed by atoms with Crippen LogP contribution in [-0.2, 0) is 17.8 Å². The largest absolute Gasteiger partial charge is 0.493 e. The molecular formula is C22H22N2O3. The third kappa shape index (κ3) is 3.33. The minimum atomic E-state index is -0.192. The van der Waals surface area contributed by atoms with Crippen molar-refractivity contribution in [2.24, 2.45) is 5.92 Å². The average Bonchev–Trinajstić information content (AvgIpc) is 2.72. The monoisotopic (exact) mass is 362 g/mol. The van der Waals surface area contributed by atoms with Crippen molar-refractivity contribution in [1.29, 1.82) is 0 Å². The molecule has 0 N–H and O–H groups in total. The van der Waals surface area contributed by atoms with Crippen LogP contribution < -0.4 is 9.47 Å². The number of para-hydroxylation sites is 1. The SMILES string of the molecule is COc1cccc2c1OC[C@H](C(=O)N(C)Cc1cccc3ncccc13)C2. The van der Waals surface area contributed by atoms with Crippen molar-refractivity contribution in [3.05, 3.63) is 65.9 Å². The molecule has 1 amide bonds. The third-order valence-corrected chi connectivity index (χ3v) is 5.04. The van der Waals surface area contributed by atoms with Gasteiger partial charge in [-0.05, 0) is 35.7 Å². The average molecular weight is 362 g/mol. The van der Waals surface area contributed by atoms with Crippen molar-refractivity contribution in [2.45, 2.75) is 13.0 Å². The highest BCUT2D eigenvalue weighted by atomic mass is 16.5. The summed E-state index contributed by atoms with van der Waals surface area (Å²) in [6, 6.07) is 15.8. The molecule has 3 aromatic rings. The number of aromatic nitrogens is 1. The first-order chi connectivity index (χ1) is 13.2. The van der Waals surface area contributed by atoms with E-state index in [0.717, 1.165) is 33.5 Å². The Balaban J connectivity index is 1.51. The quantitative estimate of drug-likeness (QED) is 0.713. The lowest BCUT2D eigenvalue weighted by molar-refractivity contribution is -0.136. The molecule has 2 heterocycles. The molecule has 5 heteroatoms. The van der Waals surface area contributed by atoms with Crippen molar-refractivity contribution in [3.63, 3.8) is 0 Å². The first-order valence-corrected chi connectivity index (χ1v) is 9.03. The van der Waals surface area contributed by atoms with Crippen LogP contribution >= 0.6 is 0 Å². The van der Waals surface area contributed by atoms with Crippen molar-refractivity contribution < 1.29 is 14.3 Å². The van der Waals surface area contributed by atoms with E-state index < -0.39 is 0 Å². The van der Waals surface area contributed by atoms with E-state index in [2.05, 4.69) is 4.98 Å². The van der Waals surface area contributed by atoms with Crippen LogP contribution in [0.1, 0.15) is 11.1 Å². The van der Waals surface area contributed by atoms with Crippen molar-refractivity contribution in [1.82, 2.24) is 9.88 Å². The van der Waals surface area contributed by atoms with Crippen molar-refractivity contribution in [2.75, 3.05) is 20.8 Å². The molecule has 0 aliphatic carbocycles. The number of benzene rings is 2.